The van der Waals surface area contributed by atoms with Gasteiger partial charge in [-0.2, -0.15) is 0 Å². The predicted octanol–water partition coefficient (Wildman–Crippen LogP) is 3.98. The molecule has 1 fully saturated rings. The first-order valence-electron chi connectivity index (χ1n) is 11.9. The monoisotopic (exact) mass is 454 g/mol. The largest absolute Gasteiger partial charge is 0.393 e. The Balaban J connectivity index is 1.22. The molecular formula is C28H30N4O2. The molecule has 1 aromatic heterocycles. The predicted molar refractivity (Wildman–Crippen MR) is 134 cm³/mol. The fraction of sp³-hybridized carbons (Fsp3) is 0.286. The molecule has 174 valence electrons. The molecule has 0 saturated carbocycles. The van der Waals surface area contributed by atoms with Gasteiger partial charge >= 0.3 is 0 Å². The Morgan fingerprint density at radius 1 is 0.912 bits per heavy atom. The minimum atomic E-state index is -0.147. The van der Waals surface area contributed by atoms with Crippen LogP contribution in [0.3, 0.4) is 0 Å². The van der Waals surface area contributed by atoms with E-state index in [9.17, 15) is 9.90 Å². The lowest BCUT2D eigenvalue weighted by Gasteiger charge is -2.29. The van der Waals surface area contributed by atoms with E-state index in [4.69, 9.17) is 4.98 Å². The number of aliphatic hydroxyl groups excluding tert-OH is 1. The molecule has 0 unspecified atom stereocenters. The minimum absolute atomic E-state index is 0.0451. The van der Waals surface area contributed by atoms with Crippen molar-refractivity contribution in [1.29, 1.82) is 0 Å². The van der Waals surface area contributed by atoms with E-state index in [0.29, 0.717) is 6.54 Å². The summed E-state index contributed by atoms with van der Waals surface area (Å²) in [5.41, 5.74) is 5.15. The number of carbonyl (C=O) groups is 1. The van der Waals surface area contributed by atoms with Crippen LogP contribution in [-0.4, -0.2) is 44.7 Å². The molecule has 0 bridgehead atoms. The minimum Gasteiger partial charge on any atom is -0.393 e. The summed E-state index contributed by atoms with van der Waals surface area (Å²) in [6.07, 6.45) is 1.55. The van der Waals surface area contributed by atoms with Gasteiger partial charge in [-0.05, 0) is 36.1 Å². The van der Waals surface area contributed by atoms with E-state index in [2.05, 4.69) is 34.5 Å². The van der Waals surface area contributed by atoms with Crippen LogP contribution in [0.4, 0.5) is 0 Å². The van der Waals surface area contributed by atoms with Crippen molar-refractivity contribution in [3.8, 4) is 11.4 Å². The van der Waals surface area contributed by atoms with Crippen LogP contribution in [-0.2, 0) is 24.4 Å². The summed E-state index contributed by atoms with van der Waals surface area (Å²) in [6.45, 7) is 3.47. The van der Waals surface area contributed by atoms with Crippen molar-refractivity contribution in [3.05, 3.63) is 90.0 Å². The van der Waals surface area contributed by atoms with Gasteiger partial charge in [-0.1, -0.05) is 66.7 Å². The van der Waals surface area contributed by atoms with Crippen LogP contribution in [0.25, 0.3) is 22.4 Å². The first kappa shape index (κ1) is 22.3. The molecule has 0 radical (unpaired) electrons. The lowest BCUT2D eigenvalue weighted by molar-refractivity contribution is -0.121. The summed E-state index contributed by atoms with van der Waals surface area (Å²) in [6, 6.07) is 26.3. The Morgan fingerprint density at radius 2 is 1.59 bits per heavy atom. The van der Waals surface area contributed by atoms with E-state index >= 15 is 0 Å². The normalized spacial score (nSPS) is 15.0. The van der Waals surface area contributed by atoms with Gasteiger partial charge in [0.1, 0.15) is 12.4 Å². The van der Waals surface area contributed by atoms with E-state index in [1.807, 2.05) is 59.2 Å². The number of imidazole rings is 1. The van der Waals surface area contributed by atoms with Crippen molar-refractivity contribution < 1.29 is 9.90 Å². The maximum absolute atomic E-state index is 12.9. The van der Waals surface area contributed by atoms with Gasteiger partial charge < -0.3 is 15.0 Å². The molecular weight excluding hydrogens is 424 g/mol. The molecule has 1 saturated heterocycles. The molecule has 1 aliphatic rings. The van der Waals surface area contributed by atoms with Crippen molar-refractivity contribution in [2.45, 2.75) is 38.6 Å². The highest BCUT2D eigenvalue weighted by Crippen LogP contribution is 2.24. The number of aromatic nitrogens is 2. The Bertz CT molecular complexity index is 1240. The summed E-state index contributed by atoms with van der Waals surface area (Å²) >= 11 is 0. The van der Waals surface area contributed by atoms with Crippen molar-refractivity contribution in [2.24, 2.45) is 0 Å². The first-order valence-corrected chi connectivity index (χ1v) is 11.9. The van der Waals surface area contributed by atoms with Gasteiger partial charge in [0.15, 0.2) is 0 Å². The molecule has 0 atom stereocenters. The summed E-state index contributed by atoms with van der Waals surface area (Å²) < 4.78 is 1.98. The highest BCUT2D eigenvalue weighted by atomic mass is 16.3. The zero-order chi connectivity index (χ0) is 23.3. The zero-order valence-corrected chi connectivity index (χ0v) is 19.2. The van der Waals surface area contributed by atoms with Gasteiger partial charge in [0.2, 0.25) is 5.91 Å². The number of carbonyl (C=O) groups excluding carboxylic acids is 1. The van der Waals surface area contributed by atoms with E-state index in [1.54, 1.807) is 0 Å². The van der Waals surface area contributed by atoms with Gasteiger partial charge in [0.25, 0.3) is 0 Å². The molecule has 3 aromatic carbocycles. The summed E-state index contributed by atoms with van der Waals surface area (Å²) in [7, 11) is 0. The van der Waals surface area contributed by atoms with Gasteiger partial charge in [0, 0.05) is 31.7 Å². The highest BCUT2D eigenvalue weighted by Gasteiger charge is 2.17. The lowest BCUT2D eigenvalue weighted by Crippen LogP contribution is -2.35. The highest BCUT2D eigenvalue weighted by molar-refractivity contribution is 5.84. The Morgan fingerprint density at radius 3 is 2.35 bits per heavy atom. The number of fused-ring (bicyclic) bond motifs is 1. The average molecular weight is 455 g/mol. The summed E-state index contributed by atoms with van der Waals surface area (Å²) in [4.78, 5) is 20.0. The average Bonchev–Trinajstić information content (AvgIpc) is 3.24. The molecule has 0 aliphatic carbocycles. The van der Waals surface area contributed by atoms with Crippen LogP contribution in [0, 0.1) is 0 Å². The number of para-hydroxylation sites is 2. The SMILES string of the molecule is O=C(Cn1c(-c2ccccc2)nc2ccccc21)NCc1ccc(CN2CCC(O)CC2)cc1. The standard InChI is InChI=1S/C28H30N4O2/c33-24-14-16-31(17-15-24)19-22-12-10-21(11-13-22)18-29-27(34)20-32-26-9-5-4-8-25(26)30-28(32)23-6-2-1-3-7-23/h1-13,24,33H,14-20H2,(H,29,34). The first-order chi connectivity index (χ1) is 16.7. The summed E-state index contributed by atoms with van der Waals surface area (Å²) in [5.74, 6) is 0.753. The molecule has 1 aliphatic heterocycles. The van der Waals surface area contributed by atoms with E-state index in [-0.39, 0.29) is 18.6 Å². The molecule has 2 heterocycles. The Kier molecular flexibility index (Phi) is 6.70. The molecule has 1 amide bonds. The zero-order valence-electron chi connectivity index (χ0n) is 19.2. The fourth-order valence-corrected chi connectivity index (χ4v) is 4.54. The second kappa shape index (κ2) is 10.2. The third-order valence-corrected chi connectivity index (χ3v) is 6.46. The van der Waals surface area contributed by atoms with Crippen LogP contribution < -0.4 is 5.32 Å². The van der Waals surface area contributed by atoms with Crippen molar-refractivity contribution in [3.63, 3.8) is 0 Å². The molecule has 6 nitrogen and oxygen atoms in total. The van der Waals surface area contributed by atoms with Gasteiger partial charge in [0.05, 0.1) is 17.1 Å². The van der Waals surface area contributed by atoms with Crippen LogP contribution in [0.2, 0.25) is 0 Å². The molecule has 6 heteroatoms. The van der Waals surface area contributed by atoms with Gasteiger partial charge in [-0.25, -0.2) is 4.98 Å². The number of piperidine rings is 1. The third kappa shape index (κ3) is 5.19. The van der Waals surface area contributed by atoms with E-state index in [0.717, 1.165) is 60.5 Å². The second-order valence-corrected chi connectivity index (χ2v) is 8.98. The quantitative estimate of drug-likeness (QED) is 0.443. The number of rotatable bonds is 7. The van der Waals surface area contributed by atoms with Crippen molar-refractivity contribution >= 4 is 16.9 Å². The lowest BCUT2D eigenvalue weighted by atomic mass is 10.1. The number of nitrogens with one attached hydrogen (secondary N) is 1. The number of amides is 1. The van der Waals surface area contributed by atoms with Gasteiger partial charge in [-0.15, -0.1) is 0 Å². The number of hydrogen-bond donors (Lipinski definition) is 2. The number of benzene rings is 3. The second-order valence-electron chi connectivity index (χ2n) is 8.98. The molecule has 2 N–H and O–H groups in total. The smallest absolute Gasteiger partial charge is 0.240 e. The number of hydrogen-bond acceptors (Lipinski definition) is 4. The Hall–Kier alpha value is -3.48. The topological polar surface area (TPSA) is 70.4 Å². The third-order valence-electron chi connectivity index (χ3n) is 6.46. The fourth-order valence-electron chi connectivity index (χ4n) is 4.54. The van der Waals surface area contributed by atoms with Crippen LogP contribution in [0.5, 0.6) is 0 Å². The van der Waals surface area contributed by atoms with Crippen LogP contribution >= 0.6 is 0 Å². The number of likely N-dealkylation sites (tertiary alicyclic amines) is 1. The number of nitrogens with zero attached hydrogens (tertiary/aromatic N) is 3. The maximum Gasteiger partial charge on any atom is 0.240 e. The van der Waals surface area contributed by atoms with Crippen molar-refractivity contribution in [2.75, 3.05) is 13.1 Å². The Labute approximate surface area is 199 Å². The number of aliphatic hydroxyl groups is 1. The molecule has 34 heavy (non-hydrogen) atoms. The van der Waals surface area contributed by atoms with Crippen LogP contribution in [0.15, 0.2) is 78.9 Å². The molecule has 0 spiro atoms. The van der Waals surface area contributed by atoms with E-state index in [1.165, 1.54) is 5.56 Å². The molecule has 5 rings (SSSR count). The van der Waals surface area contributed by atoms with Gasteiger partial charge in [-0.3, -0.25) is 9.69 Å². The van der Waals surface area contributed by atoms with Crippen LogP contribution in [0.1, 0.15) is 24.0 Å². The molecule has 4 aromatic rings. The maximum atomic E-state index is 12.9. The van der Waals surface area contributed by atoms with E-state index < -0.39 is 0 Å². The summed E-state index contributed by atoms with van der Waals surface area (Å²) in [5, 5.41) is 12.7. The van der Waals surface area contributed by atoms with Crippen molar-refractivity contribution in [1.82, 2.24) is 19.8 Å².